The van der Waals surface area contributed by atoms with Crippen LogP contribution in [0.15, 0.2) is 58.2 Å². The highest BCUT2D eigenvalue weighted by Gasteiger charge is 2.11. The van der Waals surface area contributed by atoms with E-state index in [1.54, 1.807) is 18.2 Å². The van der Waals surface area contributed by atoms with E-state index >= 15 is 0 Å². The molecule has 0 saturated heterocycles. The highest BCUT2D eigenvalue weighted by Crippen LogP contribution is 2.24. The third-order valence-corrected chi connectivity index (χ3v) is 5.22. The van der Waals surface area contributed by atoms with Gasteiger partial charge in [0.25, 0.3) is 0 Å². The summed E-state index contributed by atoms with van der Waals surface area (Å²) >= 11 is 3.40. The van der Waals surface area contributed by atoms with Crippen LogP contribution in [0.1, 0.15) is 5.69 Å². The second-order valence-electron chi connectivity index (χ2n) is 4.38. The number of nitrogen functional groups attached to an aromatic ring is 1. The van der Waals surface area contributed by atoms with Crippen molar-refractivity contribution in [3.63, 3.8) is 0 Å². The number of pyridine rings is 1. The van der Waals surface area contributed by atoms with Crippen LogP contribution in [-0.2, 0) is 16.6 Å². The average Bonchev–Trinajstić information content (AvgIpc) is 2.80. The number of anilines is 1. The summed E-state index contributed by atoms with van der Waals surface area (Å²) < 4.78 is 15.1. The van der Waals surface area contributed by atoms with E-state index in [-0.39, 0.29) is 0 Å². The zero-order valence-electron chi connectivity index (χ0n) is 10.5. The maximum absolute atomic E-state index is 12.4. The number of aromatic nitrogens is 2. The number of hydrogen-bond acceptors (Lipinski definition) is 3. The summed E-state index contributed by atoms with van der Waals surface area (Å²) in [6.07, 6.45) is 3.83. The number of imidazole rings is 1. The second-order valence-corrected chi connectivity index (χ2v) is 6.65. The number of nitrogens with zero attached hydrogens (tertiary/aromatic N) is 2. The molecule has 0 aliphatic carbocycles. The smallest absolute Gasteiger partial charge is 0.137 e. The van der Waals surface area contributed by atoms with Crippen LogP contribution < -0.4 is 5.73 Å². The summed E-state index contributed by atoms with van der Waals surface area (Å²) in [5.41, 5.74) is 7.99. The van der Waals surface area contributed by atoms with Crippen LogP contribution in [0.25, 0.3) is 5.65 Å². The van der Waals surface area contributed by atoms with Crippen molar-refractivity contribution in [2.75, 3.05) is 5.73 Å². The van der Waals surface area contributed by atoms with E-state index in [4.69, 9.17) is 5.73 Å². The average molecular weight is 350 g/mol. The first-order chi connectivity index (χ1) is 9.63. The minimum absolute atomic E-state index is 0.379. The van der Waals surface area contributed by atoms with Gasteiger partial charge < -0.3 is 10.1 Å². The first-order valence-corrected chi connectivity index (χ1v) is 8.11. The molecule has 1 atom stereocenters. The predicted octanol–water partition coefficient (Wildman–Crippen LogP) is 2.99. The van der Waals surface area contributed by atoms with Crippen LogP contribution in [0, 0.1) is 0 Å². The Bertz CT molecular complexity index is 767. The van der Waals surface area contributed by atoms with Gasteiger partial charge in [-0.3, -0.25) is 4.21 Å². The lowest BCUT2D eigenvalue weighted by Crippen LogP contribution is -1.98. The highest BCUT2D eigenvalue weighted by atomic mass is 79.9. The summed E-state index contributed by atoms with van der Waals surface area (Å²) in [7, 11) is -1.16. The fourth-order valence-corrected chi connectivity index (χ4v) is 3.97. The molecule has 2 heterocycles. The van der Waals surface area contributed by atoms with Gasteiger partial charge in [-0.15, -0.1) is 0 Å². The highest BCUT2D eigenvalue weighted by molar-refractivity contribution is 9.10. The van der Waals surface area contributed by atoms with Crippen LogP contribution in [0.2, 0.25) is 0 Å². The molecule has 0 aliphatic heterocycles. The van der Waals surface area contributed by atoms with E-state index in [9.17, 15) is 4.21 Å². The zero-order valence-corrected chi connectivity index (χ0v) is 12.9. The second kappa shape index (κ2) is 5.38. The Morgan fingerprint density at radius 3 is 2.90 bits per heavy atom. The van der Waals surface area contributed by atoms with E-state index in [1.165, 1.54) is 0 Å². The Kier molecular flexibility index (Phi) is 3.58. The van der Waals surface area contributed by atoms with Crippen molar-refractivity contribution in [2.45, 2.75) is 10.6 Å². The SMILES string of the molecule is Nc1ccc(S(=O)Cc2cn3ccccc3n2)c(Br)c1. The molecule has 0 saturated carbocycles. The molecule has 0 bridgehead atoms. The van der Waals surface area contributed by atoms with Gasteiger partial charge in [-0.25, -0.2) is 4.98 Å². The van der Waals surface area contributed by atoms with E-state index < -0.39 is 10.8 Å². The normalized spacial score (nSPS) is 12.7. The summed E-state index contributed by atoms with van der Waals surface area (Å²) in [4.78, 5) is 5.19. The van der Waals surface area contributed by atoms with Gasteiger partial charge in [0, 0.05) is 22.6 Å². The maximum Gasteiger partial charge on any atom is 0.137 e. The minimum Gasteiger partial charge on any atom is -0.399 e. The first-order valence-electron chi connectivity index (χ1n) is 5.99. The Hall–Kier alpha value is -1.66. The topological polar surface area (TPSA) is 60.4 Å². The van der Waals surface area contributed by atoms with Gasteiger partial charge in [-0.1, -0.05) is 6.07 Å². The van der Waals surface area contributed by atoms with Crippen molar-refractivity contribution >= 4 is 38.1 Å². The van der Waals surface area contributed by atoms with Crippen LogP contribution >= 0.6 is 15.9 Å². The van der Waals surface area contributed by atoms with E-state index in [0.717, 1.165) is 20.7 Å². The summed E-state index contributed by atoms with van der Waals surface area (Å²) in [6, 6.07) is 11.1. The molecule has 0 aliphatic rings. The monoisotopic (exact) mass is 349 g/mol. The van der Waals surface area contributed by atoms with Gasteiger partial charge in [-0.05, 0) is 46.3 Å². The molecule has 102 valence electrons. The molecule has 3 aromatic rings. The van der Waals surface area contributed by atoms with Crippen LogP contribution in [-0.4, -0.2) is 13.6 Å². The third-order valence-electron chi connectivity index (χ3n) is 2.89. The number of rotatable bonds is 3. The quantitative estimate of drug-likeness (QED) is 0.739. The van der Waals surface area contributed by atoms with Crippen molar-refractivity contribution < 1.29 is 4.21 Å². The Morgan fingerprint density at radius 1 is 1.30 bits per heavy atom. The molecule has 0 spiro atoms. The molecule has 1 unspecified atom stereocenters. The Morgan fingerprint density at radius 2 is 2.15 bits per heavy atom. The zero-order chi connectivity index (χ0) is 14.1. The number of benzene rings is 1. The van der Waals surface area contributed by atoms with Crippen molar-refractivity contribution in [2.24, 2.45) is 0 Å². The fourth-order valence-electron chi connectivity index (χ4n) is 1.97. The minimum atomic E-state index is -1.16. The molecule has 4 nitrogen and oxygen atoms in total. The largest absolute Gasteiger partial charge is 0.399 e. The molecule has 0 amide bonds. The number of hydrogen-bond donors (Lipinski definition) is 1. The number of nitrogens with two attached hydrogens (primary N) is 1. The van der Waals surface area contributed by atoms with E-state index in [2.05, 4.69) is 20.9 Å². The molecule has 2 aromatic heterocycles. The number of halogens is 1. The molecule has 0 radical (unpaired) electrons. The lowest BCUT2D eigenvalue weighted by atomic mass is 10.3. The van der Waals surface area contributed by atoms with Crippen molar-refractivity contribution in [1.82, 2.24) is 9.38 Å². The van der Waals surface area contributed by atoms with Gasteiger partial charge >= 0.3 is 0 Å². The maximum atomic E-state index is 12.4. The lowest BCUT2D eigenvalue weighted by molar-refractivity contribution is 0.682. The van der Waals surface area contributed by atoms with Crippen molar-refractivity contribution in [3.05, 3.63) is 59.0 Å². The predicted molar refractivity (Wildman–Crippen MR) is 83.9 cm³/mol. The molecule has 0 fully saturated rings. The summed E-state index contributed by atoms with van der Waals surface area (Å²) in [5, 5.41) is 0. The van der Waals surface area contributed by atoms with Crippen LogP contribution in [0.4, 0.5) is 5.69 Å². The molecule has 1 aromatic carbocycles. The molecule has 2 N–H and O–H groups in total. The first kappa shape index (κ1) is 13.3. The fraction of sp³-hybridized carbons (Fsp3) is 0.0714. The van der Waals surface area contributed by atoms with Crippen molar-refractivity contribution in [1.29, 1.82) is 0 Å². The van der Waals surface area contributed by atoms with Crippen LogP contribution in [0.5, 0.6) is 0 Å². The van der Waals surface area contributed by atoms with Gasteiger partial charge in [0.05, 0.1) is 27.1 Å². The summed E-state index contributed by atoms with van der Waals surface area (Å²) in [5.74, 6) is 0.379. The van der Waals surface area contributed by atoms with Gasteiger partial charge in [-0.2, -0.15) is 0 Å². The Labute approximate surface area is 127 Å². The third kappa shape index (κ3) is 2.62. The molecule has 3 rings (SSSR count). The molecule has 20 heavy (non-hydrogen) atoms. The molecular weight excluding hydrogens is 338 g/mol. The lowest BCUT2D eigenvalue weighted by Gasteiger charge is -2.04. The molecule has 6 heteroatoms. The standard InChI is InChI=1S/C14H12BrN3OS/c15-12-7-10(16)4-5-13(12)20(19)9-11-8-18-6-2-1-3-14(18)17-11/h1-8H,9,16H2. The van der Waals surface area contributed by atoms with Crippen LogP contribution in [0.3, 0.4) is 0 Å². The van der Waals surface area contributed by atoms with E-state index in [0.29, 0.717) is 11.4 Å². The van der Waals surface area contributed by atoms with E-state index in [1.807, 2.05) is 35.0 Å². The van der Waals surface area contributed by atoms with Gasteiger partial charge in [0.15, 0.2) is 0 Å². The number of fused-ring (bicyclic) bond motifs is 1. The molecular formula is C14H12BrN3OS. The van der Waals surface area contributed by atoms with Gasteiger partial charge in [0.2, 0.25) is 0 Å². The Balaban J connectivity index is 1.88. The summed E-state index contributed by atoms with van der Waals surface area (Å²) in [6.45, 7) is 0. The van der Waals surface area contributed by atoms with Gasteiger partial charge in [0.1, 0.15) is 5.65 Å². The van der Waals surface area contributed by atoms with Crippen molar-refractivity contribution in [3.8, 4) is 0 Å².